The Kier molecular flexibility index (Phi) is 6.09. The van der Waals surface area contributed by atoms with Crippen LogP contribution < -0.4 is 5.73 Å². The maximum atomic E-state index is 11.4. The molecule has 0 fully saturated rings. The van der Waals surface area contributed by atoms with Gasteiger partial charge in [0, 0.05) is 11.8 Å². The van der Waals surface area contributed by atoms with Crippen LogP contribution in [0.25, 0.3) is 11.0 Å². The number of benzene rings is 1. The second-order valence-electron chi connectivity index (χ2n) is 3.81. The molecule has 1 unspecified atom stereocenters. The van der Waals surface area contributed by atoms with Crippen LogP contribution in [0.1, 0.15) is 26.5 Å². The molecule has 0 radical (unpaired) electrons. The smallest absolute Gasteiger partial charge is 0.323 e. The lowest BCUT2D eigenvalue weighted by atomic mass is 10.1. The summed E-state index contributed by atoms with van der Waals surface area (Å²) in [6.07, 6.45) is 0.355. The lowest BCUT2D eigenvalue weighted by molar-refractivity contribution is -0.144. The number of hydrogen-bond donors (Lipinski definition) is 1. The van der Waals surface area contributed by atoms with Crippen molar-refractivity contribution < 1.29 is 13.9 Å². The van der Waals surface area contributed by atoms with Gasteiger partial charge in [-0.3, -0.25) is 4.79 Å². The van der Waals surface area contributed by atoms with Crippen molar-refractivity contribution in [2.75, 3.05) is 6.61 Å². The zero-order valence-corrected chi connectivity index (χ0v) is 11.7. The van der Waals surface area contributed by atoms with Crippen LogP contribution in [0.3, 0.4) is 0 Å². The van der Waals surface area contributed by atoms with Gasteiger partial charge in [-0.2, -0.15) is 0 Å². The first kappa shape index (κ1) is 15.2. The van der Waals surface area contributed by atoms with Gasteiger partial charge in [0.2, 0.25) is 0 Å². The molecule has 1 heterocycles. The third kappa shape index (κ3) is 4.10. The minimum atomic E-state index is -0.671. The number of para-hydroxylation sites is 1. The molecule has 0 aliphatic carbocycles. The Morgan fingerprint density at radius 1 is 1.37 bits per heavy atom. The highest BCUT2D eigenvalue weighted by atomic mass is 16.5. The number of carbonyl (C=O) groups excluding carboxylic acids is 1. The molecule has 0 saturated carbocycles. The molecule has 0 bridgehead atoms. The Morgan fingerprint density at radius 3 is 2.68 bits per heavy atom. The number of carbonyl (C=O) groups is 1. The number of ether oxygens (including phenoxy) is 1. The van der Waals surface area contributed by atoms with Crippen molar-refractivity contribution in [3.05, 3.63) is 36.1 Å². The number of esters is 1. The van der Waals surface area contributed by atoms with Crippen LogP contribution in [-0.4, -0.2) is 18.6 Å². The average Bonchev–Trinajstić information content (AvgIpc) is 2.83. The second-order valence-corrected chi connectivity index (χ2v) is 3.81. The number of furan rings is 1. The van der Waals surface area contributed by atoms with E-state index in [2.05, 4.69) is 0 Å². The third-order valence-corrected chi connectivity index (χ3v) is 2.49. The molecule has 19 heavy (non-hydrogen) atoms. The lowest BCUT2D eigenvalue weighted by Gasteiger charge is -2.08. The number of fused-ring (bicyclic) bond motifs is 1. The highest BCUT2D eigenvalue weighted by molar-refractivity contribution is 5.79. The first-order valence-corrected chi connectivity index (χ1v) is 6.60. The third-order valence-electron chi connectivity index (χ3n) is 2.49. The van der Waals surface area contributed by atoms with E-state index in [1.165, 1.54) is 0 Å². The number of rotatable bonds is 4. The quantitative estimate of drug-likeness (QED) is 0.861. The fraction of sp³-hybridized carbons (Fsp3) is 0.400. The van der Waals surface area contributed by atoms with Crippen LogP contribution in [0.2, 0.25) is 0 Å². The van der Waals surface area contributed by atoms with E-state index in [4.69, 9.17) is 14.9 Å². The summed E-state index contributed by atoms with van der Waals surface area (Å²) in [6, 6.07) is 8.91. The molecule has 1 aromatic carbocycles. The van der Waals surface area contributed by atoms with Crippen molar-refractivity contribution in [2.45, 2.75) is 33.2 Å². The Bertz CT molecular complexity index is 486. The van der Waals surface area contributed by atoms with E-state index in [9.17, 15) is 4.79 Å². The highest BCUT2D eigenvalue weighted by Gasteiger charge is 2.17. The predicted molar refractivity (Wildman–Crippen MR) is 75.9 cm³/mol. The molecule has 2 N–H and O–H groups in total. The van der Waals surface area contributed by atoms with E-state index >= 15 is 0 Å². The maximum absolute atomic E-state index is 11.4. The van der Waals surface area contributed by atoms with E-state index in [0.29, 0.717) is 18.8 Å². The van der Waals surface area contributed by atoms with Crippen molar-refractivity contribution in [2.24, 2.45) is 5.73 Å². The van der Waals surface area contributed by atoms with Gasteiger partial charge < -0.3 is 14.9 Å². The minimum absolute atomic E-state index is 0.340. The molecule has 0 spiro atoms. The first-order chi connectivity index (χ1) is 9.20. The Balaban J connectivity index is 0.000000861. The predicted octanol–water partition coefficient (Wildman–Crippen LogP) is 2.89. The monoisotopic (exact) mass is 263 g/mol. The van der Waals surface area contributed by atoms with Crippen LogP contribution in [0, 0.1) is 0 Å². The molecular formula is C15H21NO3. The molecule has 1 aromatic heterocycles. The molecule has 2 aromatic rings. The second kappa shape index (κ2) is 7.59. The Labute approximate surface area is 113 Å². The molecule has 4 nitrogen and oxygen atoms in total. The van der Waals surface area contributed by atoms with E-state index in [1.807, 2.05) is 44.2 Å². The molecule has 0 saturated heterocycles. The van der Waals surface area contributed by atoms with Gasteiger partial charge in [0.25, 0.3) is 0 Å². The minimum Gasteiger partial charge on any atom is -0.465 e. The van der Waals surface area contributed by atoms with Gasteiger partial charge >= 0.3 is 5.97 Å². The van der Waals surface area contributed by atoms with Crippen molar-refractivity contribution >= 4 is 16.9 Å². The van der Waals surface area contributed by atoms with Crippen LogP contribution in [0.5, 0.6) is 0 Å². The summed E-state index contributed by atoms with van der Waals surface area (Å²) in [5.41, 5.74) is 6.53. The molecule has 4 heteroatoms. The average molecular weight is 263 g/mol. The van der Waals surface area contributed by atoms with Gasteiger partial charge in [-0.1, -0.05) is 32.0 Å². The molecule has 0 aliphatic heterocycles. The van der Waals surface area contributed by atoms with E-state index in [1.54, 1.807) is 6.92 Å². The van der Waals surface area contributed by atoms with Crippen molar-refractivity contribution in [3.8, 4) is 0 Å². The van der Waals surface area contributed by atoms with Gasteiger partial charge in [-0.15, -0.1) is 0 Å². The number of nitrogens with two attached hydrogens (primary N) is 1. The summed E-state index contributed by atoms with van der Waals surface area (Å²) < 4.78 is 10.4. The molecule has 2 rings (SSSR count). The summed E-state index contributed by atoms with van der Waals surface area (Å²) >= 11 is 0. The molecular weight excluding hydrogens is 242 g/mol. The normalized spacial score (nSPS) is 11.6. The van der Waals surface area contributed by atoms with Crippen molar-refractivity contribution in [1.82, 2.24) is 0 Å². The molecule has 104 valence electrons. The zero-order chi connectivity index (χ0) is 14.3. The van der Waals surface area contributed by atoms with E-state index in [-0.39, 0.29) is 0 Å². The Hall–Kier alpha value is -1.81. The van der Waals surface area contributed by atoms with Gasteiger partial charge in [-0.05, 0) is 19.1 Å². The first-order valence-electron chi connectivity index (χ1n) is 6.60. The summed E-state index contributed by atoms with van der Waals surface area (Å²) in [6.45, 7) is 6.10. The van der Waals surface area contributed by atoms with E-state index < -0.39 is 12.0 Å². The topological polar surface area (TPSA) is 65.5 Å². The summed E-state index contributed by atoms with van der Waals surface area (Å²) in [5.74, 6) is 0.305. The van der Waals surface area contributed by atoms with Crippen LogP contribution in [-0.2, 0) is 16.0 Å². The summed E-state index contributed by atoms with van der Waals surface area (Å²) in [5, 5.41) is 1.01. The van der Waals surface area contributed by atoms with Gasteiger partial charge in [0.05, 0.1) is 6.61 Å². The molecule has 0 aliphatic rings. The fourth-order valence-corrected chi connectivity index (χ4v) is 1.69. The van der Waals surface area contributed by atoms with Crippen LogP contribution in [0.4, 0.5) is 0 Å². The van der Waals surface area contributed by atoms with Gasteiger partial charge in [-0.25, -0.2) is 0 Å². The van der Waals surface area contributed by atoms with Crippen molar-refractivity contribution in [3.63, 3.8) is 0 Å². The summed E-state index contributed by atoms with van der Waals surface area (Å²) in [7, 11) is 0. The fourth-order valence-electron chi connectivity index (χ4n) is 1.69. The van der Waals surface area contributed by atoms with Crippen LogP contribution >= 0.6 is 0 Å². The SMILES string of the molecule is CC.CCOC(=O)C(N)Cc1cc2ccccc2o1. The van der Waals surface area contributed by atoms with Gasteiger partial charge in [0.15, 0.2) is 0 Å². The lowest BCUT2D eigenvalue weighted by Crippen LogP contribution is -2.34. The standard InChI is InChI=1S/C13H15NO3.C2H6/c1-2-16-13(15)11(14)8-10-7-9-5-3-4-6-12(9)17-10;1-2/h3-7,11H,2,8,14H2,1H3;1-2H3. The zero-order valence-electron chi connectivity index (χ0n) is 11.7. The Morgan fingerprint density at radius 2 is 2.05 bits per heavy atom. The molecule has 0 amide bonds. The molecule has 1 atom stereocenters. The van der Waals surface area contributed by atoms with Gasteiger partial charge in [0.1, 0.15) is 17.4 Å². The summed E-state index contributed by atoms with van der Waals surface area (Å²) in [4.78, 5) is 11.4. The van der Waals surface area contributed by atoms with E-state index in [0.717, 1.165) is 11.0 Å². The maximum Gasteiger partial charge on any atom is 0.323 e. The van der Waals surface area contributed by atoms with Crippen LogP contribution in [0.15, 0.2) is 34.7 Å². The highest BCUT2D eigenvalue weighted by Crippen LogP contribution is 2.19. The van der Waals surface area contributed by atoms with Crippen molar-refractivity contribution in [1.29, 1.82) is 0 Å². The largest absolute Gasteiger partial charge is 0.465 e. The number of hydrogen-bond acceptors (Lipinski definition) is 4.